The number of rotatable bonds is 3. The molecular formula is C16H16N2O2. The van der Waals surface area contributed by atoms with Crippen LogP contribution >= 0.6 is 0 Å². The van der Waals surface area contributed by atoms with E-state index in [2.05, 4.69) is 18.0 Å². The minimum atomic E-state index is 0.290. The Morgan fingerprint density at radius 3 is 2.80 bits per heavy atom. The van der Waals surface area contributed by atoms with Crippen molar-refractivity contribution >= 4 is 16.8 Å². The monoisotopic (exact) mass is 268 g/mol. The van der Waals surface area contributed by atoms with Crippen molar-refractivity contribution in [3.05, 3.63) is 53.4 Å². The maximum Gasteiger partial charge on any atom is 0.233 e. The fourth-order valence-corrected chi connectivity index (χ4v) is 2.18. The van der Waals surface area contributed by atoms with Crippen LogP contribution in [0.15, 0.2) is 40.8 Å². The van der Waals surface area contributed by atoms with Crippen molar-refractivity contribution in [1.29, 1.82) is 0 Å². The summed E-state index contributed by atoms with van der Waals surface area (Å²) in [6.07, 6.45) is 0. The van der Waals surface area contributed by atoms with Crippen LogP contribution in [0.4, 0.5) is 5.69 Å². The van der Waals surface area contributed by atoms with Crippen molar-refractivity contribution in [3.8, 4) is 5.75 Å². The van der Waals surface area contributed by atoms with Gasteiger partial charge in [0.1, 0.15) is 11.3 Å². The Bertz CT molecular complexity index is 762. The molecule has 0 bridgehead atoms. The van der Waals surface area contributed by atoms with Crippen LogP contribution in [0.3, 0.4) is 0 Å². The van der Waals surface area contributed by atoms with Crippen LogP contribution in [0.25, 0.3) is 11.1 Å². The number of nitrogens with two attached hydrogens (primary N) is 1. The average molecular weight is 268 g/mol. The molecular weight excluding hydrogens is 252 g/mol. The minimum absolute atomic E-state index is 0.290. The van der Waals surface area contributed by atoms with E-state index in [1.54, 1.807) is 6.07 Å². The molecule has 0 atom stereocenters. The molecule has 2 N–H and O–H groups in total. The summed E-state index contributed by atoms with van der Waals surface area (Å²) < 4.78 is 11.4. The van der Waals surface area contributed by atoms with Crippen molar-refractivity contribution in [2.45, 2.75) is 20.5 Å². The van der Waals surface area contributed by atoms with Crippen molar-refractivity contribution in [3.63, 3.8) is 0 Å². The first kappa shape index (κ1) is 12.5. The molecule has 1 aromatic heterocycles. The first-order chi connectivity index (χ1) is 9.63. The quantitative estimate of drug-likeness (QED) is 0.737. The Hall–Kier alpha value is -2.49. The number of benzene rings is 2. The van der Waals surface area contributed by atoms with Gasteiger partial charge in [-0.1, -0.05) is 23.8 Å². The van der Waals surface area contributed by atoms with Crippen LogP contribution in [0.1, 0.15) is 17.0 Å². The van der Waals surface area contributed by atoms with Gasteiger partial charge in [0.15, 0.2) is 12.2 Å². The lowest BCUT2D eigenvalue weighted by molar-refractivity contribution is 0.265. The maximum absolute atomic E-state index is 5.85. The Morgan fingerprint density at radius 1 is 1.20 bits per heavy atom. The highest BCUT2D eigenvalue weighted by atomic mass is 16.5. The molecule has 0 saturated heterocycles. The Labute approximate surface area is 117 Å². The highest BCUT2D eigenvalue weighted by molar-refractivity contribution is 5.85. The smallest absolute Gasteiger partial charge is 0.233 e. The first-order valence-electron chi connectivity index (χ1n) is 6.47. The molecule has 0 aliphatic heterocycles. The second kappa shape index (κ2) is 4.89. The summed E-state index contributed by atoms with van der Waals surface area (Å²) >= 11 is 0. The molecule has 0 fully saturated rings. The Morgan fingerprint density at radius 2 is 2.05 bits per heavy atom. The summed E-state index contributed by atoms with van der Waals surface area (Å²) in [6, 6.07) is 11.6. The Balaban J connectivity index is 1.81. The predicted molar refractivity (Wildman–Crippen MR) is 78.7 cm³/mol. The van der Waals surface area contributed by atoms with E-state index in [1.165, 1.54) is 5.56 Å². The molecule has 0 unspecified atom stereocenters. The molecule has 0 aliphatic carbocycles. The highest BCUT2D eigenvalue weighted by Crippen LogP contribution is 2.23. The van der Waals surface area contributed by atoms with Crippen LogP contribution in [0, 0.1) is 13.8 Å². The van der Waals surface area contributed by atoms with E-state index in [1.807, 2.05) is 31.2 Å². The number of aryl methyl sites for hydroxylation is 2. The average Bonchev–Trinajstić information content (AvgIpc) is 2.82. The zero-order chi connectivity index (χ0) is 14.1. The van der Waals surface area contributed by atoms with E-state index >= 15 is 0 Å². The molecule has 4 heteroatoms. The van der Waals surface area contributed by atoms with Crippen LogP contribution in [0.2, 0.25) is 0 Å². The topological polar surface area (TPSA) is 61.3 Å². The van der Waals surface area contributed by atoms with Crippen LogP contribution in [-0.2, 0) is 6.61 Å². The fraction of sp³-hybridized carbons (Fsp3) is 0.188. The van der Waals surface area contributed by atoms with Crippen molar-refractivity contribution in [1.82, 2.24) is 4.98 Å². The van der Waals surface area contributed by atoms with Gasteiger partial charge in [-0.25, -0.2) is 4.98 Å². The van der Waals surface area contributed by atoms with Crippen LogP contribution < -0.4 is 10.5 Å². The van der Waals surface area contributed by atoms with Crippen molar-refractivity contribution in [2.75, 3.05) is 5.73 Å². The number of fused-ring (bicyclic) bond motifs is 1. The van der Waals surface area contributed by atoms with E-state index in [9.17, 15) is 0 Å². The zero-order valence-corrected chi connectivity index (χ0v) is 11.5. The summed E-state index contributed by atoms with van der Waals surface area (Å²) in [5.74, 6) is 1.36. The number of aromatic nitrogens is 1. The van der Waals surface area contributed by atoms with E-state index < -0.39 is 0 Å². The van der Waals surface area contributed by atoms with E-state index in [0.717, 1.165) is 11.3 Å². The molecule has 1 heterocycles. The van der Waals surface area contributed by atoms with Gasteiger partial charge in [0.25, 0.3) is 0 Å². The lowest BCUT2D eigenvalue weighted by atomic mass is 10.1. The number of ether oxygens (including phenoxy) is 1. The number of hydrogen-bond donors (Lipinski definition) is 1. The second-order valence-electron chi connectivity index (χ2n) is 4.86. The standard InChI is InChI=1S/C16H16N2O2/c1-10-6-7-13(11(2)8-10)19-9-15-18-16-12(17)4-3-5-14(16)20-15/h3-8H,9,17H2,1-2H3. The zero-order valence-electron chi connectivity index (χ0n) is 11.5. The molecule has 20 heavy (non-hydrogen) atoms. The van der Waals surface area contributed by atoms with Crippen LogP contribution in [0.5, 0.6) is 5.75 Å². The third kappa shape index (κ3) is 2.32. The molecule has 0 aliphatic rings. The van der Waals surface area contributed by atoms with Gasteiger partial charge >= 0.3 is 0 Å². The molecule has 102 valence electrons. The molecule has 0 saturated carbocycles. The molecule has 3 aromatic rings. The second-order valence-corrected chi connectivity index (χ2v) is 4.86. The number of hydrogen-bond acceptors (Lipinski definition) is 4. The molecule has 0 radical (unpaired) electrons. The van der Waals surface area contributed by atoms with Gasteiger partial charge in [-0.05, 0) is 37.6 Å². The fourth-order valence-electron chi connectivity index (χ4n) is 2.18. The van der Waals surface area contributed by atoms with Gasteiger partial charge in [0, 0.05) is 0 Å². The lowest BCUT2D eigenvalue weighted by Gasteiger charge is -2.07. The number of anilines is 1. The van der Waals surface area contributed by atoms with Crippen molar-refractivity contribution in [2.24, 2.45) is 0 Å². The number of oxazole rings is 1. The van der Waals surface area contributed by atoms with E-state index in [4.69, 9.17) is 14.9 Å². The summed E-state index contributed by atoms with van der Waals surface area (Å²) in [6.45, 7) is 4.37. The van der Waals surface area contributed by atoms with Gasteiger partial charge in [-0.15, -0.1) is 0 Å². The molecule has 2 aromatic carbocycles. The molecule has 4 nitrogen and oxygen atoms in total. The van der Waals surface area contributed by atoms with Gasteiger partial charge in [0.05, 0.1) is 5.69 Å². The summed E-state index contributed by atoms with van der Waals surface area (Å²) in [7, 11) is 0. The summed E-state index contributed by atoms with van der Waals surface area (Å²) in [5.41, 5.74) is 10.2. The third-order valence-corrected chi connectivity index (χ3v) is 3.18. The minimum Gasteiger partial charge on any atom is -0.484 e. The van der Waals surface area contributed by atoms with Gasteiger partial charge in [-0.2, -0.15) is 0 Å². The number of nitrogen functional groups attached to an aromatic ring is 1. The van der Waals surface area contributed by atoms with E-state index in [0.29, 0.717) is 22.7 Å². The highest BCUT2D eigenvalue weighted by Gasteiger charge is 2.09. The first-order valence-corrected chi connectivity index (χ1v) is 6.47. The molecule has 0 amide bonds. The number of nitrogens with zero attached hydrogens (tertiary/aromatic N) is 1. The molecule has 3 rings (SSSR count). The SMILES string of the molecule is Cc1ccc(OCc2nc3c(N)cccc3o2)c(C)c1. The van der Waals surface area contributed by atoms with Gasteiger partial charge in [-0.3, -0.25) is 0 Å². The Kier molecular flexibility index (Phi) is 3.06. The lowest BCUT2D eigenvalue weighted by Crippen LogP contribution is -1.97. The van der Waals surface area contributed by atoms with E-state index in [-0.39, 0.29) is 6.61 Å². The normalized spacial score (nSPS) is 10.9. The largest absolute Gasteiger partial charge is 0.484 e. The predicted octanol–water partition coefficient (Wildman–Crippen LogP) is 3.61. The van der Waals surface area contributed by atoms with Gasteiger partial charge in [0.2, 0.25) is 5.89 Å². The van der Waals surface area contributed by atoms with Gasteiger partial charge < -0.3 is 14.9 Å². The summed E-state index contributed by atoms with van der Waals surface area (Å²) in [5, 5.41) is 0. The number of para-hydroxylation sites is 1. The van der Waals surface area contributed by atoms with Crippen LogP contribution in [-0.4, -0.2) is 4.98 Å². The summed E-state index contributed by atoms with van der Waals surface area (Å²) in [4.78, 5) is 4.36. The van der Waals surface area contributed by atoms with Crippen molar-refractivity contribution < 1.29 is 9.15 Å². The maximum atomic E-state index is 5.85. The molecule has 0 spiro atoms. The third-order valence-electron chi connectivity index (χ3n) is 3.18.